The third-order valence-corrected chi connectivity index (χ3v) is 4.88. The van der Waals surface area contributed by atoms with Crippen molar-refractivity contribution in [3.05, 3.63) is 45.5 Å². The van der Waals surface area contributed by atoms with Gasteiger partial charge in [-0.25, -0.2) is 0 Å². The molecule has 0 aliphatic carbocycles. The van der Waals surface area contributed by atoms with Gasteiger partial charge in [0.15, 0.2) is 0 Å². The van der Waals surface area contributed by atoms with Crippen LogP contribution in [0.15, 0.2) is 12.2 Å². The summed E-state index contributed by atoms with van der Waals surface area (Å²) in [6, 6.07) is 0. The van der Waals surface area contributed by atoms with Crippen LogP contribution in [0.1, 0.15) is 67.0 Å². The average molecular weight is 303 g/mol. The summed E-state index contributed by atoms with van der Waals surface area (Å²) in [5.41, 5.74) is 16.0. The van der Waals surface area contributed by atoms with E-state index in [9.17, 15) is 0 Å². The Labute approximate surface area is 137 Å². The molecule has 1 aromatic rings. The Morgan fingerprint density at radius 2 is 1.64 bits per heavy atom. The highest BCUT2D eigenvalue weighted by Gasteiger charge is 2.17. The van der Waals surface area contributed by atoms with Crippen molar-refractivity contribution in [1.82, 2.24) is 5.32 Å². The Balaban J connectivity index is 3.36. The lowest BCUT2D eigenvalue weighted by atomic mass is 9.84. The van der Waals surface area contributed by atoms with E-state index in [4.69, 9.17) is 5.73 Å². The van der Waals surface area contributed by atoms with Crippen LogP contribution in [0.4, 0.5) is 0 Å². The van der Waals surface area contributed by atoms with Gasteiger partial charge in [0.1, 0.15) is 0 Å². The molecule has 1 rings (SSSR count). The van der Waals surface area contributed by atoms with Gasteiger partial charge in [-0.2, -0.15) is 0 Å². The van der Waals surface area contributed by atoms with Gasteiger partial charge in [-0.05, 0) is 79.5 Å². The number of nitrogens with one attached hydrogen (secondary N) is 1. The Hall–Kier alpha value is -1.12. The summed E-state index contributed by atoms with van der Waals surface area (Å²) in [7, 11) is 0. The van der Waals surface area contributed by atoms with Crippen molar-refractivity contribution < 1.29 is 0 Å². The van der Waals surface area contributed by atoms with Crippen molar-refractivity contribution in [2.75, 3.05) is 6.54 Å². The molecule has 3 N–H and O–H groups in total. The predicted molar refractivity (Wildman–Crippen MR) is 98.3 cm³/mol. The first-order valence-electron chi connectivity index (χ1n) is 8.71. The maximum absolute atomic E-state index is 6.03. The van der Waals surface area contributed by atoms with E-state index in [0.717, 1.165) is 38.8 Å². The van der Waals surface area contributed by atoms with E-state index >= 15 is 0 Å². The lowest BCUT2D eigenvalue weighted by Gasteiger charge is -2.24. The van der Waals surface area contributed by atoms with Crippen LogP contribution >= 0.6 is 0 Å². The highest BCUT2D eigenvalue weighted by molar-refractivity contribution is 5.51. The largest absolute Gasteiger partial charge is 0.326 e. The molecule has 2 nitrogen and oxygen atoms in total. The molecule has 0 aromatic heterocycles. The molecular formula is C20H34N2. The van der Waals surface area contributed by atoms with E-state index in [1.807, 2.05) is 0 Å². The third kappa shape index (κ3) is 4.21. The fourth-order valence-electron chi connectivity index (χ4n) is 3.33. The minimum absolute atomic E-state index is 0.631. The van der Waals surface area contributed by atoms with Gasteiger partial charge in [-0.1, -0.05) is 32.9 Å². The zero-order valence-electron chi connectivity index (χ0n) is 15.2. The van der Waals surface area contributed by atoms with Crippen molar-refractivity contribution in [2.45, 2.75) is 73.4 Å². The smallest absolute Gasteiger partial charge is 0.0210 e. The summed E-state index contributed by atoms with van der Waals surface area (Å²) >= 11 is 0. The number of nitrogens with two attached hydrogens (primary N) is 1. The van der Waals surface area contributed by atoms with Gasteiger partial charge in [-0.15, -0.1) is 0 Å². The van der Waals surface area contributed by atoms with Gasteiger partial charge in [-0.3, -0.25) is 0 Å². The molecular weight excluding hydrogens is 268 g/mol. The van der Waals surface area contributed by atoms with Gasteiger partial charge in [0.25, 0.3) is 0 Å². The van der Waals surface area contributed by atoms with E-state index in [1.54, 1.807) is 0 Å². The van der Waals surface area contributed by atoms with E-state index in [-0.39, 0.29) is 0 Å². The second-order valence-electron chi connectivity index (χ2n) is 6.11. The molecule has 0 saturated heterocycles. The molecule has 0 amide bonds. The number of allylic oxidation sites excluding steroid dienone is 1. The molecule has 0 saturated carbocycles. The molecule has 2 heteroatoms. The van der Waals surface area contributed by atoms with Crippen LogP contribution < -0.4 is 11.1 Å². The van der Waals surface area contributed by atoms with Crippen LogP contribution in [-0.4, -0.2) is 6.54 Å². The summed E-state index contributed by atoms with van der Waals surface area (Å²) in [6.45, 7) is 17.8. The van der Waals surface area contributed by atoms with Crippen molar-refractivity contribution in [2.24, 2.45) is 5.73 Å². The van der Waals surface area contributed by atoms with Gasteiger partial charge >= 0.3 is 0 Å². The summed E-state index contributed by atoms with van der Waals surface area (Å²) in [5.74, 6) is 0. The maximum Gasteiger partial charge on any atom is 0.0210 e. The maximum atomic E-state index is 6.03. The van der Waals surface area contributed by atoms with E-state index in [0.29, 0.717) is 6.54 Å². The minimum Gasteiger partial charge on any atom is -0.326 e. The average Bonchev–Trinajstić information content (AvgIpc) is 2.52. The Morgan fingerprint density at radius 3 is 2.14 bits per heavy atom. The van der Waals surface area contributed by atoms with Crippen LogP contribution in [0, 0.1) is 13.8 Å². The fourth-order valence-corrected chi connectivity index (χ4v) is 3.33. The topological polar surface area (TPSA) is 38.0 Å². The molecule has 0 atom stereocenters. The summed E-state index contributed by atoms with van der Waals surface area (Å²) < 4.78 is 0. The molecule has 0 unspecified atom stereocenters. The summed E-state index contributed by atoms with van der Waals surface area (Å²) in [5, 5.41) is 3.51. The van der Waals surface area contributed by atoms with E-state index in [1.165, 1.54) is 39.0 Å². The van der Waals surface area contributed by atoms with Crippen molar-refractivity contribution in [3.8, 4) is 0 Å². The number of hydrogen-bond acceptors (Lipinski definition) is 2. The molecule has 0 radical (unpaired) electrons. The van der Waals surface area contributed by atoms with Crippen molar-refractivity contribution in [1.29, 1.82) is 0 Å². The highest BCUT2D eigenvalue weighted by atomic mass is 14.8. The molecule has 0 spiro atoms. The second kappa shape index (κ2) is 9.12. The van der Waals surface area contributed by atoms with E-state index in [2.05, 4.69) is 46.5 Å². The molecule has 0 bridgehead atoms. The SMILES string of the molecule is C=C(CC)CCc1c(CC)c(C)c(CN)c(C)c1CNCC. The summed E-state index contributed by atoms with van der Waals surface area (Å²) in [4.78, 5) is 0. The molecule has 22 heavy (non-hydrogen) atoms. The summed E-state index contributed by atoms with van der Waals surface area (Å²) in [6.07, 6.45) is 4.33. The van der Waals surface area contributed by atoms with Crippen LogP contribution in [0.2, 0.25) is 0 Å². The molecule has 0 fully saturated rings. The normalized spacial score (nSPS) is 11.0. The van der Waals surface area contributed by atoms with Gasteiger partial charge in [0, 0.05) is 13.1 Å². The predicted octanol–water partition coefficient (Wildman–Crippen LogP) is 4.33. The van der Waals surface area contributed by atoms with Crippen molar-refractivity contribution in [3.63, 3.8) is 0 Å². The van der Waals surface area contributed by atoms with E-state index < -0.39 is 0 Å². The van der Waals surface area contributed by atoms with Gasteiger partial charge in [0.2, 0.25) is 0 Å². The monoisotopic (exact) mass is 302 g/mol. The highest BCUT2D eigenvalue weighted by Crippen LogP contribution is 2.30. The van der Waals surface area contributed by atoms with Crippen LogP contribution in [0.5, 0.6) is 0 Å². The minimum atomic E-state index is 0.631. The standard InChI is InChI=1S/C20H34N2/c1-7-14(4)10-11-18-17(8-2)15(5)19(12-21)16(6)20(18)13-22-9-3/h22H,4,7-13,21H2,1-3,5-6H3. The number of rotatable bonds is 9. The fraction of sp³-hybridized carbons (Fsp3) is 0.600. The first-order valence-corrected chi connectivity index (χ1v) is 8.71. The van der Waals surface area contributed by atoms with Crippen LogP contribution in [0.3, 0.4) is 0 Å². The quantitative estimate of drug-likeness (QED) is 0.666. The second-order valence-corrected chi connectivity index (χ2v) is 6.11. The Morgan fingerprint density at radius 1 is 1.00 bits per heavy atom. The van der Waals surface area contributed by atoms with Crippen LogP contribution in [0.25, 0.3) is 0 Å². The lowest BCUT2D eigenvalue weighted by Crippen LogP contribution is -2.19. The molecule has 0 heterocycles. The third-order valence-electron chi connectivity index (χ3n) is 4.88. The lowest BCUT2D eigenvalue weighted by molar-refractivity contribution is 0.707. The van der Waals surface area contributed by atoms with Gasteiger partial charge in [0.05, 0.1) is 0 Å². The first-order chi connectivity index (χ1) is 10.5. The number of benzene rings is 1. The Bertz CT molecular complexity index is 515. The first kappa shape index (κ1) is 18.9. The Kier molecular flexibility index (Phi) is 7.84. The van der Waals surface area contributed by atoms with Crippen molar-refractivity contribution >= 4 is 0 Å². The zero-order chi connectivity index (χ0) is 16.7. The van der Waals surface area contributed by atoms with Crippen LogP contribution in [-0.2, 0) is 25.9 Å². The molecule has 0 aliphatic rings. The zero-order valence-corrected chi connectivity index (χ0v) is 15.2. The molecule has 124 valence electrons. The van der Waals surface area contributed by atoms with Gasteiger partial charge < -0.3 is 11.1 Å². The number of hydrogen-bond donors (Lipinski definition) is 2. The molecule has 0 aliphatic heterocycles. The molecule has 1 aromatic carbocycles.